The maximum Gasteiger partial charge on any atom is 0.231 e. The lowest BCUT2D eigenvalue weighted by Crippen LogP contribution is -2.22. The number of fused-ring (bicyclic) bond motifs is 1. The van der Waals surface area contributed by atoms with Gasteiger partial charge in [0.05, 0.1) is 12.5 Å². The molecule has 0 radical (unpaired) electrons. The Balaban J connectivity index is 1.94. The zero-order valence-electron chi connectivity index (χ0n) is 12.4. The average molecular weight is 300 g/mol. The van der Waals surface area contributed by atoms with E-state index in [1.165, 1.54) is 10.4 Å². The molecule has 1 N–H and O–H groups in total. The van der Waals surface area contributed by atoms with Gasteiger partial charge in [-0.2, -0.15) is 0 Å². The van der Waals surface area contributed by atoms with Crippen LogP contribution in [0.5, 0.6) is 0 Å². The van der Waals surface area contributed by atoms with Crippen LogP contribution in [-0.2, 0) is 11.2 Å². The predicted octanol–water partition coefficient (Wildman–Crippen LogP) is 3.36. The van der Waals surface area contributed by atoms with Gasteiger partial charge in [0.15, 0.2) is 0 Å². The molecule has 21 heavy (non-hydrogen) atoms. The van der Waals surface area contributed by atoms with E-state index in [1.54, 1.807) is 16.2 Å². The summed E-state index contributed by atoms with van der Waals surface area (Å²) in [4.78, 5) is 14.9. The molecule has 0 saturated carbocycles. The number of benzene rings is 1. The van der Waals surface area contributed by atoms with Gasteiger partial charge in [0.25, 0.3) is 0 Å². The molecule has 1 aromatic carbocycles. The second kappa shape index (κ2) is 6.00. The Morgan fingerprint density at radius 2 is 2.24 bits per heavy atom. The van der Waals surface area contributed by atoms with Crippen LogP contribution in [-0.4, -0.2) is 19.5 Å². The van der Waals surface area contributed by atoms with Crippen molar-refractivity contribution in [2.75, 3.05) is 18.5 Å². The lowest BCUT2D eigenvalue weighted by atomic mass is 10.0. The van der Waals surface area contributed by atoms with E-state index >= 15 is 0 Å². The molecule has 3 rings (SSSR count). The summed E-state index contributed by atoms with van der Waals surface area (Å²) in [6.45, 7) is 3.16. The smallest absolute Gasteiger partial charge is 0.231 e. The third-order valence-electron chi connectivity index (χ3n) is 3.94. The molecular formula is C17H20N2OS. The van der Waals surface area contributed by atoms with E-state index in [4.69, 9.17) is 0 Å². The van der Waals surface area contributed by atoms with Crippen LogP contribution in [0.1, 0.15) is 35.4 Å². The van der Waals surface area contributed by atoms with Gasteiger partial charge in [0.1, 0.15) is 0 Å². The number of carbonyl (C=O) groups excluding carboxylic acids is 1. The molecule has 0 saturated heterocycles. The van der Waals surface area contributed by atoms with Crippen LogP contribution in [0.4, 0.5) is 5.69 Å². The SMILES string of the molecule is CCCNC(c1ccc2c(c1)CC(=O)N2C)c1cccs1. The van der Waals surface area contributed by atoms with Gasteiger partial charge in [0.2, 0.25) is 5.91 Å². The van der Waals surface area contributed by atoms with Crippen LogP contribution < -0.4 is 10.2 Å². The summed E-state index contributed by atoms with van der Waals surface area (Å²) in [5.74, 6) is 0.177. The van der Waals surface area contributed by atoms with E-state index in [2.05, 4.69) is 48.0 Å². The average Bonchev–Trinajstić information content (AvgIpc) is 3.09. The number of amides is 1. The monoisotopic (exact) mass is 300 g/mol. The third-order valence-corrected chi connectivity index (χ3v) is 4.88. The number of carbonyl (C=O) groups is 1. The lowest BCUT2D eigenvalue weighted by Gasteiger charge is -2.19. The maximum atomic E-state index is 11.8. The summed E-state index contributed by atoms with van der Waals surface area (Å²) in [7, 11) is 1.85. The highest BCUT2D eigenvalue weighted by Gasteiger charge is 2.25. The zero-order chi connectivity index (χ0) is 14.8. The Kier molecular flexibility index (Phi) is 4.08. The third kappa shape index (κ3) is 2.74. The van der Waals surface area contributed by atoms with Gasteiger partial charge < -0.3 is 10.2 Å². The molecule has 0 fully saturated rings. The van der Waals surface area contributed by atoms with Crippen molar-refractivity contribution in [3.05, 3.63) is 51.7 Å². The Morgan fingerprint density at radius 3 is 2.95 bits per heavy atom. The number of hydrogen-bond donors (Lipinski definition) is 1. The first kappa shape index (κ1) is 14.3. The number of nitrogens with zero attached hydrogens (tertiary/aromatic N) is 1. The quantitative estimate of drug-likeness (QED) is 0.918. The maximum absolute atomic E-state index is 11.8. The van der Waals surface area contributed by atoms with Crippen molar-refractivity contribution in [3.8, 4) is 0 Å². The number of likely N-dealkylation sites (N-methyl/N-ethyl adjacent to an activating group) is 1. The van der Waals surface area contributed by atoms with Gasteiger partial charge in [-0.1, -0.05) is 25.1 Å². The van der Waals surface area contributed by atoms with Crippen molar-refractivity contribution < 1.29 is 4.79 Å². The molecule has 1 unspecified atom stereocenters. The minimum atomic E-state index is 0.177. The van der Waals surface area contributed by atoms with Gasteiger partial charge in [0, 0.05) is 17.6 Å². The summed E-state index contributed by atoms with van der Waals surface area (Å²) in [6.07, 6.45) is 1.62. The number of rotatable bonds is 5. The van der Waals surface area contributed by atoms with Crippen LogP contribution in [0.15, 0.2) is 35.7 Å². The van der Waals surface area contributed by atoms with Gasteiger partial charge in [-0.15, -0.1) is 11.3 Å². The van der Waals surface area contributed by atoms with Crippen molar-refractivity contribution >= 4 is 22.9 Å². The molecule has 3 nitrogen and oxygen atoms in total. The topological polar surface area (TPSA) is 32.3 Å². The first-order chi connectivity index (χ1) is 10.2. The van der Waals surface area contributed by atoms with Crippen LogP contribution >= 0.6 is 11.3 Å². The van der Waals surface area contributed by atoms with Gasteiger partial charge in [-0.25, -0.2) is 0 Å². The van der Waals surface area contributed by atoms with E-state index in [1.807, 2.05) is 7.05 Å². The number of thiophene rings is 1. The highest BCUT2D eigenvalue weighted by atomic mass is 32.1. The highest BCUT2D eigenvalue weighted by molar-refractivity contribution is 7.10. The molecule has 2 heterocycles. The molecule has 1 aliphatic rings. The fourth-order valence-electron chi connectivity index (χ4n) is 2.80. The Bertz CT molecular complexity index is 636. The van der Waals surface area contributed by atoms with E-state index in [0.717, 1.165) is 24.2 Å². The molecule has 0 spiro atoms. The van der Waals surface area contributed by atoms with Crippen molar-refractivity contribution in [2.24, 2.45) is 0 Å². The Labute approximate surface area is 129 Å². The fraction of sp³-hybridized carbons (Fsp3) is 0.353. The molecule has 1 atom stereocenters. The van der Waals surface area contributed by atoms with Gasteiger partial charge >= 0.3 is 0 Å². The predicted molar refractivity (Wildman–Crippen MR) is 88.0 cm³/mol. The van der Waals surface area contributed by atoms with Crippen LogP contribution in [0, 0.1) is 0 Å². The molecule has 1 aromatic heterocycles. The van der Waals surface area contributed by atoms with Gasteiger partial charge in [-0.05, 0) is 41.6 Å². The first-order valence-corrected chi connectivity index (χ1v) is 8.25. The van der Waals surface area contributed by atoms with Crippen molar-refractivity contribution in [1.29, 1.82) is 0 Å². The molecule has 4 heteroatoms. The number of nitrogens with one attached hydrogen (secondary N) is 1. The molecule has 2 aromatic rings. The van der Waals surface area contributed by atoms with Crippen LogP contribution in [0.25, 0.3) is 0 Å². The summed E-state index contributed by atoms with van der Waals surface area (Å²) < 4.78 is 0. The number of anilines is 1. The minimum Gasteiger partial charge on any atom is -0.315 e. The fourth-order valence-corrected chi connectivity index (χ4v) is 3.62. The summed E-state index contributed by atoms with van der Waals surface area (Å²) in [6, 6.07) is 10.9. The first-order valence-electron chi connectivity index (χ1n) is 7.37. The Morgan fingerprint density at radius 1 is 1.38 bits per heavy atom. The van der Waals surface area contributed by atoms with Crippen LogP contribution in [0.3, 0.4) is 0 Å². The van der Waals surface area contributed by atoms with E-state index in [0.29, 0.717) is 6.42 Å². The minimum absolute atomic E-state index is 0.177. The normalized spacial score (nSPS) is 15.3. The number of hydrogen-bond acceptors (Lipinski definition) is 3. The Hall–Kier alpha value is -1.65. The van der Waals surface area contributed by atoms with Crippen molar-refractivity contribution in [2.45, 2.75) is 25.8 Å². The van der Waals surface area contributed by atoms with Crippen molar-refractivity contribution in [3.63, 3.8) is 0 Å². The second-order valence-corrected chi connectivity index (χ2v) is 6.40. The van der Waals surface area contributed by atoms with Gasteiger partial charge in [-0.3, -0.25) is 4.79 Å². The van der Waals surface area contributed by atoms with E-state index in [-0.39, 0.29) is 11.9 Å². The molecule has 110 valence electrons. The largest absolute Gasteiger partial charge is 0.315 e. The lowest BCUT2D eigenvalue weighted by molar-refractivity contribution is -0.117. The summed E-state index contributed by atoms with van der Waals surface area (Å²) in [5.41, 5.74) is 3.43. The molecule has 0 bridgehead atoms. The van der Waals surface area contributed by atoms with Crippen molar-refractivity contribution in [1.82, 2.24) is 5.32 Å². The molecule has 1 aliphatic heterocycles. The summed E-state index contributed by atoms with van der Waals surface area (Å²) >= 11 is 1.77. The van der Waals surface area contributed by atoms with E-state index in [9.17, 15) is 4.79 Å². The molecule has 0 aliphatic carbocycles. The second-order valence-electron chi connectivity index (χ2n) is 5.42. The molecule has 1 amide bonds. The summed E-state index contributed by atoms with van der Waals surface area (Å²) in [5, 5.41) is 5.73. The van der Waals surface area contributed by atoms with E-state index < -0.39 is 0 Å². The zero-order valence-corrected chi connectivity index (χ0v) is 13.2. The highest BCUT2D eigenvalue weighted by Crippen LogP contribution is 2.33. The molecular weight excluding hydrogens is 280 g/mol. The van der Waals surface area contributed by atoms with Crippen LogP contribution in [0.2, 0.25) is 0 Å². The standard InChI is InChI=1S/C17H20N2OS/c1-3-8-18-17(15-5-4-9-21-15)12-6-7-14-13(10-12)11-16(20)19(14)2/h4-7,9-10,17-18H,3,8,11H2,1-2H3.